The molecule has 1 rings (SSSR count). The number of hydrogen-bond donors (Lipinski definition) is 1. The zero-order valence-corrected chi connectivity index (χ0v) is 4.52. The third-order valence-corrected chi connectivity index (χ3v) is 0.756. The maximum Gasteiger partial charge on any atom is 0.0992 e. The van der Waals surface area contributed by atoms with E-state index < -0.39 is 12.1 Å². The van der Waals surface area contributed by atoms with Crippen molar-refractivity contribution in [2.75, 3.05) is 5.73 Å². The number of nitrogens with zero attached hydrogens (tertiary/aromatic N) is 1. The van der Waals surface area contributed by atoms with Crippen molar-refractivity contribution < 1.29 is 5.48 Å². The second-order valence-corrected chi connectivity index (χ2v) is 1.40. The summed E-state index contributed by atoms with van der Waals surface area (Å²) in [6.07, 6.45) is 0. The zero-order chi connectivity index (χ0) is 10.2. The monoisotopic (exact) mass is 122 g/mol. The van der Waals surface area contributed by atoms with E-state index in [1.165, 1.54) is 0 Å². The largest absolute Gasteiger partial charge is 0.399 e. The van der Waals surface area contributed by atoms with Gasteiger partial charge in [0.2, 0.25) is 0 Å². The van der Waals surface area contributed by atoms with E-state index in [2.05, 4.69) is 0 Å². The number of nitrogens with two attached hydrogens (primary N) is 1. The molecule has 0 aliphatic heterocycles. The molecule has 44 valence electrons. The summed E-state index contributed by atoms with van der Waals surface area (Å²) in [6.45, 7) is 0. The minimum absolute atomic E-state index is 0.224. The van der Waals surface area contributed by atoms with Crippen molar-refractivity contribution in [2.45, 2.75) is 0 Å². The molecular weight excluding hydrogens is 112 g/mol. The van der Waals surface area contributed by atoms with Gasteiger partial charge in [-0.15, -0.1) is 0 Å². The molecule has 0 saturated carbocycles. The van der Waals surface area contributed by atoms with Crippen LogP contribution in [-0.2, 0) is 0 Å². The molecule has 1 aromatic carbocycles. The Kier molecular flexibility index (Phi) is 0.583. The molecule has 0 bridgehead atoms. The van der Waals surface area contributed by atoms with Crippen molar-refractivity contribution in [3.8, 4) is 6.07 Å². The van der Waals surface area contributed by atoms with Crippen molar-refractivity contribution >= 4 is 5.69 Å². The van der Waals surface area contributed by atoms with Crippen molar-refractivity contribution in [1.82, 2.24) is 0 Å². The van der Waals surface area contributed by atoms with Crippen LogP contribution in [0.3, 0.4) is 0 Å². The van der Waals surface area contributed by atoms with Crippen LogP contribution in [0.4, 0.5) is 5.69 Å². The van der Waals surface area contributed by atoms with E-state index in [-0.39, 0.29) is 23.3 Å². The van der Waals surface area contributed by atoms with Gasteiger partial charge in [-0.1, -0.05) is 6.04 Å². The van der Waals surface area contributed by atoms with Crippen LogP contribution in [0.15, 0.2) is 24.2 Å². The van der Waals surface area contributed by atoms with Gasteiger partial charge in [0.25, 0.3) is 0 Å². The van der Waals surface area contributed by atoms with Crippen LogP contribution in [0.25, 0.3) is 0 Å². The molecule has 1 aromatic rings. The fraction of sp³-hybridized carbons (Fsp3) is 0. The molecule has 2 heteroatoms. The highest BCUT2D eigenvalue weighted by Gasteiger charge is 1.86. The number of rotatable bonds is 0. The standard InChI is InChI=1S/C7H6N2/c8-5-6-2-1-3-7(9)4-6/h1-4H,9H2/i1D,2D,3D,4D. The van der Waals surface area contributed by atoms with Crippen LogP contribution in [0, 0.1) is 11.3 Å². The topological polar surface area (TPSA) is 49.8 Å². The summed E-state index contributed by atoms with van der Waals surface area (Å²) in [5.74, 6) is 0. The molecule has 0 atom stereocenters. The molecule has 2 nitrogen and oxygen atoms in total. The summed E-state index contributed by atoms with van der Waals surface area (Å²) < 4.78 is 29.0. The quantitative estimate of drug-likeness (QED) is 0.524. The normalized spacial score (nSPS) is 14.6. The fourth-order valence-corrected chi connectivity index (χ4v) is 0.414. The predicted molar refractivity (Wildman–Crippen MR) is 35.6 cm³/mol. The minimum atomic E-state index is -0.412. The Balaban J connectivity index is 3.69. The van der Waals surface area contributed by atoms with Crippen LogP contribution >= 0.6 is 0 Å². The molecule has 0 aliphatic carbocycles. The molecule has 0 saturated heterocycles. The minimum Gasteiger partial charge on any atom is -0.399 e. The van der Waals surface area contributed by atoms with Gasteiger partial charge in [-0.05, 0) is 18.1 Å². The van der Waals surface area contributed by atoms with E-state index in [1.807, 2.05) is 0 Å². The summed E-state index contributed by atoms with van der Waals surface area (Å²) in [6, 6.07) is 0.0856. The summed E-state index contributed by atoms with van der Waals surface area (Å²) >= 11 is 0. The molecule has 2 N–H and O–H groups in total. The predicted octanol–water partition coefficient (Wildman–Crippen LogP) is 1.14. The Labute approximate surface area is 59.1 Å². The van der Waals surface area contributed by atoms with E-state index in [4.69, 9.17) is 16.5 Å². The van der Waals surface area contributed by atoms with Gasteiger partial charge in [-0.25, -0.2) is 0 Å². The van der Waals surface area contributed by atoms with E-state index >= 15 is 0 Å². The first kappa shape index (κ1) is 2.40. The van der Waals surface area contributed by atoms with E-state index in [9.17, 15) is 0 Å². The second-order valence-electron chi connectivity index (χ2n) is 1.40. The van der Waals surface area contributed by atoms with Gasteiger partial charge < -0.3 is 5.73 Å². The smallest absolute Gasteiger partial charge is 0.0992 e. The lowest BCUT2D eigenvalue weighted by Gasteiger charge is -1.89. The number of nitriles is 1. The van der Waals surface area contributed by atoms with Crippen LogP contribution in [-0.4, -0.2) is 0 Å². The van der Waals surface area contributed by atoms with Crippen LogP contribution in [0.1, 0.15) is 11.0 Å². The summed E-state index contributed by atoms with van der Waals surface area (Å²) in [4.78, 5) is 0. The highest BCUT2D eigenvalue weighted by atomic mass is 14.5. The Morgan fingerprint density at radius 3 is 3.11 bits per heavy atom. The van der Waals surface area contributed by atoms with Crippen molar-refractivity contribution in [3.05, 3.63) is 29.7 Å². The van der Waals surface area contributed by atoms with Crippen molar-refractivity contribution in [3.63, 3.8) is 0 Å². The molecule has 0 fully saturated rings. The van der Waals surface area contributed by atoms with Crippen LogP contribution in [0.2, 0.25) is 0 Å². The first-order valence-corrected chi connectivity index (χ1v) is 2.26. The Morgan fingerprint density at radius 2 is 2.44 bits per heavy atom. The lowest BCUT2D eigenvalue weighted by molar-refractivity contribution is 1.48. The number of nitrogen functional groups attached to an aromatic ring is 1. The van der Waals surface area contributed by atoms with Crippen LogP contribution in [0.5, 0.6) is 0 Å². The molecular formula is C7H6N2. The Hall–Kier alpha value is -1.49. The first-order valence-electron chi connectivity index (χ1n) is 4.26. The fourth-order valence-electron chi connectivity index (χ4n) is 0.414. The number of hydrogen-bond acceptors (Lipinski definition) is 2. The van der Waals surface area contributed by atoms with Gasteiger partial charge >= 0.3 is 0 Å². The number of benzene rings is 1. The van der Waals surface area contributed by atoms with Gasteiger partial charge in [0.05, 0.1) is 17.1 Å². The van der Waals surface area contributed by atoms with Gasteiger partial charge in [0, 0.05) is 5.69 Å². The molecule has 0 radical (unpaired) electrons. The lowest BCUT2D eigenvalue weighted by atomic mass is 10.2. The lowest BCUT2D eigenvalue weighted by Crippen LogP contribution is -1.83. The molecule has 0 aromatic heterocycles. The maximum absolute atomic E-state index is 8.55. The molecule has 0 amide bonds. The van der Waals surface area contributed by atoms with E-state index in [0.29, 0.717) is 0 Å². The Morgan fingerprint density at radius 1 is 1.67 bits per heavy atom. The summed E-state index contributed by atoms with van der Waals surface area (Å²) in [5, 5.41) is 8.55. The average molecular weight is 122 g/mol. The molecule has 0 aliphatic rings. The third-order valence-electron chi connectivity index (χ3n) is 0.756. The molecule has 9 heavy (non-hydrogen) atoms. The van der Waals surface area contributed by atoms with Crippen molar-refractivity contribution in [2.24, 2.45) is 0 Å². The highest BCUT2D eigenvalue weighted by Crippen LogP contribution is 2.03. The maximum atomic E-state index is 8.55. The Bertz CT molecular complexity index is 379. The van der Waals surface area contributed by atoms with Crippen LogP contribution < -0.4 is 5.73 Å². The van der Waals surface area contributed by atoms with Gasteiger partial charge in [-0.3, -0.25) is 0 Å². The van der Waals surface area contributed by atoms with E-state index in [1.54, 1.807) is 6.07 Å². The summed E-state index contributed by atoms with van der Waals surface area (Å²) in [5.41, 5.74) is 4.82. The van der Waals surface area contributed by atoms with Gasteiger partial charge in [0.15, 0.2) is 0 Å². The molecule has 0 spiro atoms. The average Bonchev–Trinajstić information content (AvgIpc) is 2.13. The second kappa shape index (κ2) is 2.19. The van der Waals surface area contributed by atoms with Gasteiger partial charge in [0.1, 0.15) is 0 Å². The zero-order valence-electron chi connectivity index (χ0n) is 8.52. The third kappa shape index (κ3) is 1.20. The molecule has 0 heterocycles. The first-order chi connectivity index (χ1) is 6.00. The molecule has 0 unspecified atom stereocenters. The highest BCUT2D eigenvalue weighted by molar-refractivity contribution is 5.44. The van der Waals surface area contributed by atoms with Gasteiger partial charge in [-0.2, -0.15) is 5.26 Å². The van der Waals surface area contributed by atoms with Crippen molar-refractivity contribution in [1.29, 1.82) is 5.26 Å². The number of anilines is 1. The van der Waals surface area contributed by atoms with E-state index in [0.717, 1.165) is 0 Å². The summed E-state index contributed by atoms with van der Waals surface area (Å²) in [7, 11) is 0. The SMILES string of the molecule is [2H]c1c([2H])c(N)c([2H])c(C#N)c1[2H].